The van der Waals surface area contributed by atoms with E-state index in [4.69, 9.17) is 0 Å². The second-order valence-electron chi connectivity index (χ2n) is 6.12. The minimum absolute atomic E-state index is 0.0727. The molecule has 2 atom stereocenters. The third-order valence-electron chi connectivity index (χ3n) is 4.51. The van der Waals surface area contributed by atoms with Gasteiger partial charge in [0.25, 0.3) is 0 Å². The van der Waals surface area contributed by atoms with Crippen LogP contribution in [0.15, 0.2) is 11.6 Å². The number of hydrogen-bond acceptors (Lipinski definition) is 7. The SMILES string of the molecule is C[C@@H](C(=O)N[C@H]1CCS(=O)(=O)C1)N1CCN(c2nccs2)CC1. The lowest BCUT2D eigenvalue weighted by atomic mass is 10.2. The molecule has 2 saturated heterocycles. The molecule has 0 aliphatic carbocycles. The molecule has 0 radical (unpaired) electrons. The molecule has 23 heavy (non-hydrogen) atoms. The van der Waals surface area contributed by atoms with E-state index in [0.29, 0.717) is 6.42 Å². The molecular formula is C14H22N4O3S2. The summed E-state index contributed by atoms with van der Waals surface area (Å²) in [5, 5.41) is 5.88. The van der Waals surface area contributed by atoms with Crippen molar-refractivity contribution in [3.63, 3.8) is 0 Å². The van der Waals surface area contributed by atoms with Gasteiger partial charge < -0.3 is 10.2 Å². The molecular weight excluding hydrogens is 336 g/mol. The van der Waals surface area contributed by atoms with Gasteiger partial charge in [0, 0.05) is 43.8 Å². The van der Waals surface area contributed by atoms with Gasteiger partial charge in [-0.1, -0.05) is 0 Å². The molecule has 1 N–H and O–H groups in total. The number of piperazine rings is 1. The van der Waals surface area contributed by atoms with Crippen molar-refractivity contribution < 1.29 is 13.2 Å². The third kappa shape index (κ3) is 4.02. The largest absolute Gasteiger partial charge is 0.351 e. The van der Waals surface area contributed by atoms with Crippen molar-refractivity contribution in [1.82, 2.24) is 15.2 Å². The fourth-order valence-corrected chi connectivity index (χ4v) is 5.44. The maximum absolute atomic E-state index is 12.3. The fourth-order valence-electron chi connectivity index (χ4n) is 3.07. The number of amides is 1. The molecule has 0 spiro atoms. The van der Waals surface area contributed by atoms with Crippen LogP contribution in [0.25, 0.3) is 0 Å². The average molecular weight is 358 g/mol. The Bertz CT molecular complexity index is 639. The normalized spacial score (nSPS) is 26.1. The number of nitrogens with zero attached hydrogens (tertiary/aromatic N) is 3. The summed E-state index contributed by atoms with van der Waals surface area (Å²) in [5.74, 6) is 0.178. The molecule has 1 aromatic heterocycles. The van der Waals surface area contributed by atoms with Crippen molar-refractivity contribution in [2.45, 2.75) is 25.4 Å². The number of carbonyl (C=O) groups is 1. The van der Waals surface area contributed by atoms with Gasteiger partial charge >= 0.3 is 0 Å². The summed E-state index contributed by atoms with van der Waals surface area (Å²) in [6, 6.07) is -0.469. The molecule has 1 amide bonds. The standard InChI is InChI=1S/C14H22N4O3S2/c1-11(13(19)16-12-2-9-23(20,21)10-12)17-4-6-18(7-5-17)14-15-3-8-22-14/h3,8,11-12H,2,4-7,9-10H2,1H3,(H,16,19)/t11-,12-/m0/s1. The lowest BCUT2D eigenvalue weighted by Gasteiger charge is -2.37. The van der Waals surface area contributed by atoms with Crippen molar-refractivity contribution >= 4 is 32.2 Å². The molecule has 0 unspecified atom stereocenters. The van der Waals surface area contributed by atoms with Crippen LogP contribution in [0.1, 0.15) is 13.3 Å². The molecule has 7 nitrogen and oxygen atoms in total. The van der Waals surface area contributed by atoms with Crippen molar-refractivity contribution in [3.8, 4) is 0 Å². The van der Waals surface area contributed by atoms with Crippen LogP contribution in [0, 0.1) is 0 Å². The Labute approximate surface area is 140 Å². The van der Waals surface area contributed by atoms with Gasteiger partial charge in [-0.25, -0.2) is 13.4 Å². The molecule has 0 saturated carbocycles. The van der Waals surface area contributed by atoms with Crippen LogP contribution in [0.3, 0.4) is 0 Å². The first-order valence-electron chi connectivity index (χ1n) is 7.84. The number of nitrogens with one attached hydrogen (secondary N) is 1. The number of hydrogen-bond donors (Lipinski definition) is 1. The molecule has 1 aromatic rings. The van der Waals surface area contributed by atoms with Gasteiger partial charge in [0.05, 0.1) is 17.5 Å². The molecule has 9 heteroatoms. The van der Waals surface area contributed by atoms with Gasteiger partial charge in [-0.3, -0.25) is 9.69 Å². The van der Waals surface area contributed by atoms with E-state index in [9.17, 15) is 13.2 Å². The lowest BCUT2D eigenvalue weighted by Crippen LogP contribution is -2.55. The predicted molar refractivity (Wildman–Crippen MR) is 90.6 cm³/mol. The van der Waals surface area contributed by atoms with Gasteiger partial charge in [0.15, 0.2) is 15.0 Å². The zero-order valence-corrected chi connectivity index (χ0v) is 14.8. The third-order valence-corrected chi connectivity index (χ3v) is 7.11. The zero-order chi connectivity index (χ0) is 16.4. The second kappa shape index (κ2) is 6.74. The summed E-state index contributed by atoms with van der Waals surface area (Å²) in [6.45, 7) is 5.19. The van der Waals surface area contributed by atoms with Gasteiger partial charge in [0.2, 0.25) is 5.91 Å². The van der Waals surface area contributed by atoms with Crippen LogP contribution >= 0.6 is 11.3 Å². The van der Waals surface area contributed by atoms with Crippen molar-refractivity contribution in [3.05, 3.63) is 11.6 Å². The minimum Gasteiger partial charge on any atom is -0.351 e. The Kier molecular flexibility index (Phi) is 4.88. The molecule has 2 fully saturated rings. The monoisotopic (exact) mass is 358 g/mol. The van der Waals surface area contributed by atoms with Crippen LogP contribution in [-0.2, 0) is 14.6 Å². The fraction of sp³-hybridized carbons (Fsp3) is 0.714. The van der Waals surface area contributed by atoms with Gasteiger partial charge in [-0.15, -0.1) is 11.3 Å². The van der Waals surface area contributed by atoms with Gasteiger partial charge in [0.1, 0.15) is 0 Å². The van der Waals surface area contributed by atoms with E-state index in [2.05, 4.69) is 20.1 Å². The topological polar surface area (TPSA) is 82.6 Å². The molecule has 2 aliphatic rings. The van der Waals surface area contributed by atoms with E-state index in [-0.39, 0.29) is 29.5 Å². The summed E-state index contributed by atoms with van der Waals surface area (Å²) in [7, 11) is -2.96. The summed E-state index contributed by atoms with van der Waals surface area (Å²) < 4.78 is 22.9. The van der Waals surface area contributed by atoms with E-state index in [1.807, 2.05) is 12.3 Å². The predicted octanol–water partition coefficient (Wildman–Crippen LogP) is -0.0431. The molecule has 3 heterocycles. The quantitative estimate of drug-likeness (QED) is 0.813. The maximum Gasteiger partial charge on any atom is 0.237 e. The zero-order valence-electron chi connectivity index (χ0n) is 13.1. The summed E-state index contributed by atoms with van der Waals surface area (Å²) in [6.07, 6.45) is 2.33. The summed E-state index contributed by atoms with van der Waals surface area (Å²) in [4.78, 5) is 21.0. The molecule has 128 valence electrons. The van der Waals surface area contributed by atoms with Crippen LogP contribution in [0.5, 0.6) is 0 Å². The highest BCUT2D eigenvalue weighted by atomic mass is 32.2. The molecule has 0 aromatic carbocycles. The van der Waals surface area contributed by atoms with Crippen molar-refractivity contribution in [2.24, 2.45) is 0 Å². The highest BCUT2D eigenvalue weighted by Crippen LogP contribution is 2.19. The first kappa shape index (κ1) is 16.7. The van der Waals surface area contributed by atoms with Gasteiger partial charge in [-0.05, 0) is 13.3 Å². The number of aromatic nitrogens is 1. The van der Waals surface area contributed by atoms with Crippen LogP contribution in [0.4, 0.5) is 5.13 Å². The highest BCUT2D eigenvalue weighted by Gasteiger charge is 2.32. The lowest BCUT2D eigenvalue weighted by molar-refractivity contribution is -0.126. The smallest absolute Gasteiger partial charge is 0.237 e. The number of thiazole rings is 1. The van der Waals surface area contributed by atoms with E-state index in [1.54, 1.807) is 17.5 Å². The van der Waals surface area contributed by atoms with Crippen molar-refractivity contribution in [2.75, 3.05) is 42.6 Å². The highest BCUT2D eigenvalue weighted by molar-refractivity contribution is 7.91. The van der Waals surface area contributed by atoms with E-state index < -0.39 is 9.84 Å². The summed E-state index contributed by atoms with van der Waals surface area (Å²) in [5.41, 5.74) is 0. The second-order valence-corrected chi connectivity index (χ2v) is 9.22. The number of anilines is 1. The van der Waals surface area contributed by atoms with E-state index in [1.165, 1.54) is 0 Å². The Balaban J connectivity index is 1.49. The summed E-state index contributed by atoms with van der Waals surface area (Å²) >= 11 is 1.63. The number of rotatable bonds is 4. The minimum atomic E-state index is -2.96. The van der Waals surface area contributed by atoms with Crippen LogP contribution in [-0.4, -0.2) is 74.0 Å². The first-order valence-corrected chi connectivity index (χ1v) is 10.5. The van der Waals surface area contributed by atoms with Gasteiger partial charge in [-0.2, -0.15) is 0 Å². The molecule has 2 aliphatic heterocycles. The number of carbonyl (C=O) groups excluding carboxylic acids is 1. The first-order chi connectivity index (χ1) is 10.9. The number of sulfone groups is 1. The van der Waals surface area contributed by atoms with Crippen LogP contribution in [0.2, 0.25) is 0 Å². The van der Waals surface area contributed by atoms with Crippen molar-refractivity contribution in [1.29, 1.82) is 0 Å². The average Bonchev–Trinajstić information content (AvgIpc) is 3.16. The maximum atomic E-state index is 12.3. The van der Waals surface area contributed by atoms with E-state index in [0.717, 1.165) is 31.3 Å². The Morgan fingerprint density at radius 2 is 2.13 bits per heavy atom. The Hall–Kier alpha value is -1.19. The molecule has 3 rings (SSSR count). The molecule has 0 bridgehead atoms. The Morgan fingerprint density at radius 3 is 2.70 bits per heavy atom. The Morgan fingerprint density at radius 1 is 1.39 bits per heavy atom. The van der Waals surface area contributed by atoms with Crippen LogP contribution < -0.4 is 10.2 Å². The van der Waals surface area contributed by atoms with E-state index >= 15 is 0 Å².